The minimum absolute atomic E-state index is 0.485. The summed E-state index contributed by atoms with van der Waals surface area (Å²) < 4.78 is -1.76. The fourth-order valence-corrected chi connectivity index (χ4v) is 0.891. The summed E-state index contributed by atoms with van der Waals surface area (Å²) in [6, 6.07) is 8.64. The molecule has 1 aromatic carbocycles. The molecular weight excluding hydrogens is 254 g/mol. The number of halogens is 3. The van der Waals surface area contributed by atoms with Crippen molar-refractivity contribution in [1.29, 1.82) is 0 Å². The van der Waals surface area contributed by atoms with Crippen LogP contribution in [0.25, 0.3) is 0 Å². The molecule has 0 saturated heterocycles. The van der Waals surface area contributed by atoms with Gasteiger partial charge in [0.25, 0.3) is 0 Å². The first kappa shape index (κ1) is 12.8. The third-order valence-corrected chi connectivity index (χ3v) is 1.56. The zero-order chi connectivity index (χ0) is 9.61. The van der Waals surface area contributed by atoms with Gasteiger partial charge in [-0.15, -0.1) is 0 Å². The third-order valence-electron chi connectivity index (χ3n) is 1.12. The first-order valence-corrected chi connectivity index (χ1v) is 5.86. The van der Waals surface area contributed by atoms with Crippen LogP contribution in [0.15, 0.2) is 30.3 Å². The molecule has 0 unspecified atom stereocenters. The molecule has 0 aliphatic heterocycles. The van der Waals surface area contributed by atoms with Crippen molar-refractivity contribution in [3.8, 4) is 0 Å². The Hall–Kier alpha value is 0.764. The molecule has 0 atom stereocenters. The molecule has 1 rings (SSSR count). The Labute approximate surface area is 96.9 Å². The maximum atomic E-state index is 9.02. The summed E-state index contributed by atoms with van der Waals surface area (Å²) in [5, 5.41) is 9.02. The fraction of sp³-hybridized carbons (Fsp3) is 0.143. The minimum atomic E-state index is -1.76. The van der Waals surface area contributed by atoms with Crippen LogP contribution in [0, 0.1) is 0 Å². The van der Waals surface area contributed by atoms with Gasteiger partial charge in [0.2, 0.25) is 4.52 Å². The molecule has 1 aromatic rings. The van der Waals surface area contributed by atoms with E-state index in [4.69, 9.17) is 28.3 Å². The Morgan fingerprint density at radius 1 is 1.08 bits per heavy atom. The standard InChI is InChI=1S/C7H6Cl2O.ClH.Ti/c8-7(9,10)6-4-2-1-3-5-6;;/h1-5,10H;1H;/q;;+1/p-1. The number of hydrogen-bond donors (Lipinski definition) is 1. The quantitative estimate of drug-likeness (QED) is 0.608. The van der Waals surface area contributed by atoms with Crippen LogP contribution in [-0.2, 0) is 23.9 Å². The van der Waals surface area contributed by atoms with E-state index >= 15 is 0 Å². The van der Waals surface area contributed by atoms with Gasteiger partial charge in [-0.3, -0.25) is 0 Å². The van der Waals surface area contributed by atoms with Gasteiger partial charge >= 0.3 is 28.7 Å². The molecule has 0 aliphatic rings. The Morgan fingerprint density at radius 2 is 1.50 bits per heavy atom. The molecule has 0 aliphatic carbocycles. The second-order valence-corrected chi connectivity index (χ2v) is 3.19. The van der Waals surface area contributed by atoms with Crippen molar-refractivity contribution in [2.45, 2.75) is 4.52 Å². The van der Waals surface area contributed by atoms with Crippen molar-refractivity contribution < 1.29 is 24.5 Å². The van der Waals surface area contributed by atoms with Crippen LogP contribution < -0.4 is 0 Å². The second kappa shape index (κ2) is 6.25. The molecule has 12 heavy (non-hydrogen) atoms. The van der Waals surface area contributed by atoms with E-state index in [1.807, 2.05) is 6.07 Å². The van der Waals surface area contributed by atoms with Crippen molar-refractivity contribution in [3.05, 3.63) is 35.9 Å². The summed E-state index contributed by atoms with van der Waals surface area (Å²) in [5.74, 6) is 0. The van der Waals surface area contributed by atoms with E-state index in [2.05, 4.69) is 9.30 Å². The van der Waals surface area contributed by atoms with E-state index in [1.54, 1.807) is 24.3 Å². The van der Waals surface area contributed by atoms with Crippen LogP contribution in [0.4, 0.5) is 0 Å². The van der Waals surface area contributed by atoms with Gasteiger partial charge in [0.1, 0.15) is 0 Å². The molecule has 0 aromatic heterocycles. The second-order valence-electron chi connectivity index (χ2n) is 1.91. The average Bonchev–Trinajstić information content (AvgIpc) is 2.08. The Bertz CT molecular complexity index is 210. The predicted molar refractivity (Wildman–Crippen MR) is 47.9 cm³/mol. The molecule has 1 N–H and O–H groups in total. The van der Waals surface area contributed by atoms with Crippen LogP contribution in [0.5, 0.6) is 0 Å². The summed E-state index contributed by atoms with van der Waals surface area (Å²) in [6.07, 6.45) is 0. The number of benzene rings is 1. The van der Waals surface area contributed by atoms with Crippen LogP contribution in [0.3, 0.4) is 0 Å². The third kappa shape index (κ3) is 4.71. The molecule has 5 heteroatoms. The van der Waals surface area contributed by atoms with Crippen LogP contribution in [-0.4, -0.2) is 5.11 Å². The van der Waals surface area contributed by atoms with E-state index < -0.39 is 4.52 Å². The number of aliphatic hydroxyl groups is 1. The van der Waals surface area contributed by atoms with Crippen LogP contribution in [0.1, 0.15) is 5.56 Å². The molecule has 0 bridgehead atoms. The SMILES string of the molecule is OC(Cl)(Cl)c1ccccc1.[Cl][Ti]. The summed E-state index contributed by atoms with van der Waals surface area (Å²) in [5.41, 5.74) is 0.485. The van der Waals surface area contributed by atoms with Gasteiger partial charge in [-0.2, -0.15) is 0 Å². The summed E-state index contributed by atoms with van der Waals surface area (Å²) in [4.78, 5) is 0. The fourth-order valence-electron chi connectivity index (χ4n) is 0.639. The van der Waals surface area contributed by atoms with E-state index in [9.17, 15) is 0 Å². The molecule has 0 heterocycles. The monoisotopic (exact) mass is 259 g/mol. The van der Waals surface area contributed by atoms with Gasteiger partial charge < -0.3 is 5.11 Å². The molecule has 1 nitrogen and oxygen atoms in total. The van der Waals surface area contributed by atoms with Crippen molar-refractivity contribution in [1.82, 2.24) is 0 Å². The Balaban J connectivity index is 0.000000561. The average molecular weight is 260 g/mol. The van der Waals surface area contributed by atoms with Gasteiger partial charge in [0, 0.05) is 5.56 Å². The molecule has 0 saturated carbocycles. The van der Waals surface area contributed by atoms with Crippen molar-refractivity contribution in [2.24, 2.45) is 0 Å². The zero-order valence-corrected chi connectivity index (χ0v) is 9.80. The van der Waals surface area contributed by atoms with E-state index in [0.717, 1.165) is 0 Å². The van der Waals surface area contributed by atoms with Gasteiger partial charge in [-0.25, -0.2) is 0 Å². The number of rotatable bonds is 1. The summed E-state index contributed by atoms with van der Waals surface area (Å²) >= 11 is 12.2. The van der Waals surface area contributed by atoms with Crippen LogP contribution >= 0.6 is 32.5 Å². The summed E-state index contributed by atoms with van der Waals surface area (Å²) in [6.45, 7) is 0. The Morgan fingerprint density at radius 3 is 1.75 bits per heavy atom. The first-order valence-electron chi connectivity index (χ1n) is 2.95. The topological polar surface area (TPSA) is 20.2 Å². The van der Waals surface area contributed by atoms with Gasteiger partial charge in [-0.1, -0.05) is 53.5 Å². The van der Waals surface area contributed by atoms with Crippen molar-refractivity contribution in [2.75, 3.05) is 0 Å². The van der Waals surface area contributed by atoms with Crippen LogP contribution in [0.2, 0.25) is 0 Å². The van der Waals surface area contributed by atoms with E-state index in [-0.39, 0.29) is 0 Å². The first-order chi connectivity index (χ1) is 5.61. The predicted octanol–water partition coefficient (Wildman–Crippen LogP) is 2.95. The molecule has 0 amide bonds. The van der Waals surface area contributed by atoms with E-state index in [1.165, 1.54) is 19.4 Å². The van der Waals surface area contributed by atoms with Crippen molar-refractivity contribution >= 4 is 32.5 Å². The molecule has 65 valence electrons. The normalized spacial score (nSPS) is 9.92. The molecular formula is C7H6Cl3OTi. The maximum absolute atomic E-state index is 9.02. The molecule has 0 fully saturated rings. The van der Waals surface area contributed by atoms with Crippen molar-refractivity contribution in [3.63, 3.8) is 0 Å². The zero-order valence-electron chi connectivity index (χ0n) is 5.97. The molecule has 0 radical (unpaired) electrons. The van der Waals surface area contributed by atoms with Gasteiger partial charge in [0.15, 0.2) is 0 Å². The Kier molecular flexibility index (Phi) is 6.65. The van der Waals surface area contributed by atoms with E-state index in [0.29, 0.717) is 5.56 Å². The van der Waals surface area contributed by atoms with Gasteiger partial charge in [0.05, 0.1) is 0 Å². The molecule has 0 spiro atoms. The summed E-state index contributed by atoms with van der Waals surface area (Å²) in [7, 11) is 4.64. The number of hydrogen-bond acceptors (Lipinski definition) is 1. The van der Waals surface area contributed by atoms with Gasteiger partial charge in [-0.05, 0) is 0 Å². The number of alkyl halides is 2.